The molecule has 1 aromatic rings. The number of halogens is 3. The van der Waals surface area contributed by atoms with E-state index in [0.29, 0.717) is 23.8 Å². The largest absolute Gasteiger partial charge is 0.433 e. The Labute approximate surface area is 143 Å². The monoisotopic (exact) mass is 358 g/mol. The number of hydrogen-bond acceptors (Lipinski definition) is 4. The minimum atomic E-state index is -4.52. The molecule has 0 unspecified atom stereocenters. The van der Waals surface area contributed by atoms with E-state index in [9.17, 15) is 18.0 Å². The van der Waals surface area contributed by atoms with Crippen LogP contribution >= 0.6 is 0 Å². The second-order valence-corrected chi connectivity index (χ2v) is 7.26. The second-order valence-electron chi connectivity index (χ2n) is 7.26. The number of aryl methyl sites for hydroxylation is 1. The Morgan fingerprint density at radius 3 is 2.76 bits per heavy atom. The Balaban J connectivity index is 1.37. The van der Waals surface area contributed by atoms with Crippen LogP contribution in [0.5, 0.6) is 0 Å². The molecule has 1 aromatic heterocycles. The fourth-order valence-electron chi connectivity index (χ4n) is 3.86. The maximum atomic E-state index is 12.8. The number of hydrogen-bond donors (Lipinski definition) is 1. The zero-order chi connectivity index (χ0) is 17.8. The van der Waals surface area contributed by atoms with Gasteiger partial charge in [0.1, 0.15) is 5.69 Å². The van der Waals surface area contributed by atoms with Gasteiger partial charge in [0.05, 0.1) is 12.7 Å². The fraction of sp³-hybridized carbons (Fsp3) is 0.750. The van der Waals surface area contributed by atoms with Crippen molar-refractivity contribution in [2.45, 2.75) is 43.6 Å². The average molecular weight is 358 g/mol. The minimum Gasteiger partial charge on any atom is -0.375 e. The molecule has 25 heavy (non-hydrogen) atoms. The lowest BCUT2D eigenvalue weighted by Crippen LogP contribution is -2.47. The van der Waals surface area contributed by atoms with E-state index >= 15 is 0 Å². The molecule has 2 aliphatic heterocycles. The average Bonchev–Trinajstić information content (AvgIpc) is 3.18. The summed E-state index contributed by atoms with van der Waals surface area (Å²) in [7, 11) is 1.19. The van der Waals surface area contributed by atoms with Gasteiger partial charge < -0.3 is 10.1 Å². The van der Waals surface area contributed by atoms with Crippen molar-refractivity contribution in [2.24, 2.45) is 13.0 Å². The summed E-state index contributed by atoms with van der Waals surface area (Å²) in [5.74, 6) is 0.111. The normalized spacial score (nSPS) is 30.3. The van der Waals surface area contributed by atoms with Crippen LogP contribution in [0, 0.1) is 5.92 Å². The van der Waals surface area contributed by atoms with E-state index in [1.54, 1.807) is 0 Å². The van der Waals surface area contributed by atoms with Gasteiger partial charge in [-0.15, -0.1) is 0 Å². The smallest absolute Gasteiger partial charge is 0.375 e. The first-order valence-corrected chi connectivity index (χ1v) is 8.59. The Hall–Kier alpha value is -1.61. The van der Waals surface area contributed by atoms with Crippen molar-refractivity contribution < 1.29 is 22.7 Å². The highest BCUT2D eigenvalue weighted by Gasteiger charge is 2.43. The second kappa shape index (κ2) is 5.98. The van der Waals surface area contributed by atoms with Gasteiger partial charge in [-0.2, -0.15) is 18.3 Å². The number of amides is 1. The molecule has 3 fully saturated rings. The lowest BCUT2D eigenvalue weighted by molar-refractivity contribution is -0.143. The summed E-state index contributed by atoms with van der Waals surface area (Å²) in [6, 6.07) is 0.981. The highest BCUT2D eigenvalue weighted by molar-refractivity contribution is 5.92. The van der Waals surface area contributed by atoms with E-state index in [1.165, 1.54) is 19.9 Å². The SMILES string of the molecule is Cn1nc(C(=O)N[C@H]2C[C@H]3CO[C@@H](C4CC4)CN3C2)cc1C(F)(F)F. The number of fused-ring (bicyclic) bond motifs is 1. The molecule has 3 atom stereocenters. The van der Waals surface area contributed by atoms with Crippen molar-refractivity contribution >= 4 is 5.91 Å². The Morgan fingerprint density at radius 2 is 2.12 bits per heavy atom. The molecule has 0 aromatic carbocycles. The van der Waals surface area contributed by atoms with Crippen LogP contribution in [-0.2, 0) is 18.0 Å². The number of morpholine rings is 1. The van der Waals surface area contributed by atoms with Gasteiger partial charge in [-0.1, -0.05) is 0 Å². The van der Waals surface area contributed by atoms with E-state index in [4.69, 9.17) is 4.74 Å². The number of carbonyl (C=O) groups is 1. The van der Waals surface area contributed by atoms with Crippen molar-refractivity contribution in [2.75, 3.05) is 19.7 Å². The summed E-state index contributed by atoms with van der Waals surface area (Å²) in [6.07, 6.45) is -1.03. The van der Waals surface area contributed by atoms with E-state index in [-0.39, 0.29) is 23.9 Å². The third-order valence-electron chi connectivity index (χ3n) is 5.33. The van der Waals surface area contributed by atoms with Crippen molar-refractivity contribution in [3.63, 3.8) is 0 Å². The molecule has 3 heterocycles. The van der Waals surface area contributed by atoms with Crippen LogP contribution in [0.4, 0.5) is 13.2 Å². The summed E-state index contributed by atoms with van der Waals surface area (Å²) < 4.78 is 45.1. The molecule has 138 valence electrons. The Bertz CT molecular complexity index is 671. The summed E-state index contributed by atoms with van der Waals surface area (Å²) in [4.78, 5) is 14.6. The van der Waals surface area contributed by atoms with Crippen LogP contribution in [0.3, 0.4) is 0 Å². The predicted molar refractivity (Wildman–Crippen MR) is 81.9 cm³/mol. The molecule has 4 rings (SSSR count). The number of alkyl halides is 3. The van der Waals surface area contributed by atoms with Crippen molar-refractivity contribution in [3.8, 4) is 0 Å². The highest BCUT2D eigenvalue weighted by Crippen LogP contribution is 2.38. The Kier molecular flexibility index (Phi) is 4.03. The van der Waals surface area contributed by atoms with Crippen LogP contribution in [0.25, 0.3) is 0 Å². The molecule has 0 radical (unpaired) electrons. The van der Waals surface area contributed by atoms with E-state index in [1.807, 2.05) is 0 Å². The van der Waals surface area contributed by atoms with Crippen LogP contribution in [-0.4, -0.2) is 58.5 Å². The van der Waals surface area contributed by atoms with Gasteiger partial charge in [0.2, 0.25) is 0 Å². The molecule has 0 bridgehead atoms. The Morgan fingerprint density at radius 1 is 1.36 bits per heavy atom. The van der Waals surface area contributed by atoms with E-state index < -0.39 is 17.8 Å². The van der Waals surface area contributed by atoms with E-state index in [2.05, 4.69) is 15.3 Å². The molecule has 1 N–H and O–H groups in total. The van der Waals surface area contributed by atoms with Crippen LogP contribution in [0.15, 0.2) is 6.07 Å². The van der Waals surface area contributed by atoms with Gasteiger partial charge in [0.25, 0.3) is 5.91 Å². The number of nitrogens with zero attached hydrogens (tertiary/aromatic N) is 3. The summed E-state index contributed by atoms with van der Waals surface area (Å²) in [5.41, 5.74) is -1.13. The van der Waals surface area contributed by atoms with Gasteiger partial charge in [0.15, 0.2) is 5.69 Å². The lowest BCUT2D eigenvalue weighted by atomic mass is 10.1. The third kappa shape index (κ3) is 3.39. The number of rotatable bonds is 3. The number of ether oxygens (including phenoxy) is 1. The molecule has 3 aliphatic rings. The molecule has 1 amide bonds. The number of nitrogens with one attached hydrogen (secondary N) is 1. The van der Waals surface area contributed by atoms with E-state index in [0.717, 1.165) is 19.0 Å². The van der Waals surface area contributed by atoms with Gasteiger partial charge in [-0.3, -0.25) is 14.4 Å². The fourth-order valence-corrected chi connectivity index (χ4v) is 3.86. The topological polar surface area (TPSA) is 59.4 Å². The molecule has 0 spiro atoms. The van der Waals surface area contributed by atoms with Gasteiger partial charge in [-0.05, 0) is 25.2 Å². The molecule has 1 aliphatic carbocycles. The maximum Gasteiger partial charge on any atom is 0.433 e. The van der Waals surface area contributed by atoms with Gasteiger partial charge in [-0.25, -0.2) is 0 Å². The minimum absolute atomic E-state index is 0.0876. The summed E-state index contributed by atoms with van der Waals surface area (Å²) in [6.45, 7) is 2.25. The molecular weight excluding hydrogens is 337 g/mol. The number of aromatic nitrogens is 2. The first-order valence-electron chi connectivity index (χ1n) is 8.59. The number of carbonyl (C=O) groups excluding carboxylic acids is 1. The zero-order valence-electron chi connectivity index (χ0n) is 13.9. The maximum absolute atomic E-state index is 12.8. The zero-order valence-corrected chi connectivity index (χ0v) is 13.9. The predicted octanol–water partition coefficient (Wildman–Crippen LogP) is 1.42. The summed E-state index contributed by atoms with van der Waals surface area (Å²) >= 11 is 0. The first kappa shape index (κ1) is 16.8. The van der Waals surface area contributed by atoms with Crippen molar-refractivity contribution in [1.82, 2.24) is 20.0 Å². The first-order chi connectivity index (χ1) is 11.8. The molecule has 1 saturated carbocycles. The standard InChI is InChI=1S/C16H21F3N4O2/c1-22-14(16(17,18)19)5-12(21-22)15(24)20-10-4-11-8-25-13(9-2-3-9)7-23(11)6-10/h5,9-11,13H,2-4,6-8H2,1H3,(H,20,24)/t10-,11-,13+/m0/s1. The third-order valence-corrected chi connectivity index (χ3v) is 5.33. The molecular formula is C16H21F3N4O2. The molecule has 6 nitrogen and oxygen atoms in total. The van der Waals surface area contributed by atoms with Crippen LogP contribution in [0.2, 0.25) is 0 Å². The summed E-state index contributed by atoms with van der Waals surface area (Å²) in [5, 5.41) is 6.52. The van der Waals surface area contributed by atoms with Crippen LogP contribution < -0.4 is 5.32 Å². The van der Waals surface area contributed by atoms with Crippen LogP contribution in [0.1, 0.15) is 35.4 Å². The van der Waals surface area contributed by atoms with Crippen molar-refractivity contribution in [3.05, 3.63) is 17.5 Å². The molecule has 9 heteroatoms. The highest BCUT2D eigenvalue weighted by atomic mass is 19.4. The quantitative estimate of drug-likeness (QED) is 0.888. The lowest BCUT2D eigenvalue weighted by Gasteiger charge is -2.35. The van der Waals surface area contributed by atoms with Gasteiger partial charge >= 0.3 is 6.18 Å². The van der Waals surface area contributed by atoms with Gasteiger partial charge in [0, 0.05) is 38.3 Å². The molecule has 2 saturated heterocycles. The van der Waals surface area contributed by atoms with Crippen molar-refractivity contribution in [1.29, 1.82) is 0 Å².